The molecule has 0 bridgehead atoms. The second-order valence-corrected chi connectivity index (χ2v) is 2.03. The number of pyridine rings is 1. The third-order valence-corrected chi connectivity index (χ3v) is 1.26. The average Bonchev–Trinajstić information content (AvgIpc) is 2.04. The average molecular weight is 164 g/mol. The maximum Gasteiger partial charge on any atom is 0.352 e. The van der Waals surface area contributed by atoms with Crippen molar-refractivity contribution >= 4 is 5.97 Å². The van der Waals surface area contributed by atoms with Crippen LogP contribution in [0.1, 0.15) is 16.1 Å². The first-order valence-electron chi connectivity index (χ1n) is 3.02. The molecular formula is C7H4N2O3. The summed E-state index contributed by atoms with van der Waals surface area (Å²) in [4.78, 5) is 23.2. The van der Waals surface area contributed by atoms with Crippen molar-refractivity contribution in [2.45, 2.75) is 0 Å². The van der Waals surface area contributed by atoms with E-state index in [4.69, 9.17) is 10.4 Å². The molecule has 1 heterocycles. The maximum absolute atomic E-state index is 10.8. The second-order valence-electron chi connectivity index (χ2n) is 2.03. The van der Waals surface area contributed by atoms with E-state index in [9.17, 15) is 9.59 Å². The summed E-state index contributed by atoms with van der Waals surface area (Å²) in [5.74, 6) is -1.23. The number of aromatic carboxylic acids is 1. The zero-order valence-electron chi connectivity index (χ0n) is 5.87. The Kier molecular flexibility index (Phi) is 1.92. The van der Waals surface area contributed by atoms with Gasteiger partial charge in [-0.3, -0.25) is 4.79 Å². The molecule has 0 aliphatic heterocycles. The lowest BCUT2D eigenvalue weighted by Crippen LogP contribution is -2.14. The Morgan fingerprint density at radius 2 is 2.25 bits per heavy atom. The Balaban J connectivity index is 3.31. The molecule has 5 nitrogen and oxygen atoms in total. The van der Waals surface area contributed by atoms with E-state index in [0.717, 1.165) is 0 Å². The van der Waals surface area contributed by atoms with Crippen LogP contribution in [0.15, 0.2) is 16.9 Å². The predicted molar refractivity (Wildman–Crippen MR) is 38.7 cm³/mol. The summed E-state index contributed by atoms with van der Waals surface area (Å²) < 4.78 is 0. The Labute approximate surface area is 66.9 Å². The summed E-state index contributed by atoms with van der Waals surface area (Å²) in [7, 11) is 0. The molecule has 0 unspecified atom stereocenters. The fraction of sp³-hybridized carbons (Fsp3) is 0. The molecule has 0 amide bonds. The van der Waals surface area contributed by atoms with E-state index in [1.807, 2.05) is 4.98 Å². The number of carboxylic acids is 1. The van der Waals surface area contributed by atoms with Gasteiger partial charge in [-0.25, -0.2) is 4.79 Å². The number of hydrogen-bond donors (Lipinski definition) is 2. The van der Waals surface area contributed by atoms with Gasteiger partial charge in [0.05, 0.1) is 0 Å². The molecule has 0 radical (unpaired) electrons. The molecule has 5 heteroatoms. The highest BCUT2D eigenvalue weighted by molar-refractivity contribution is 5.85. The molecule has 0 aromatic carbocycles. The highest BCUT2D eigenvalue weighted by Crippen LogP contribution is 1.92. The van der Waals surface area contributed by atoms with Gasteiger partial charge in [-0.2, -0.15) is 5.26 Å². The molecular weight excluding hydrogens is 160 g/mol. The van der Waals surface area contributed by atoms with Gasteiger partial charge in [0, 0.05) is 0 Å². The number of nitrogens with zero attached hydrogens (tertiary/aromatic N) is 1. The minimum atomic E-state index is -1.23. The van der Waals surface area contributed by atoms with Gasteiger partial charge in [-0.1, -0.05) is 0 Å². The van der Waals surface area contributed by atoms with Gasteiger partial charge in [-0.05, 0) is 12.1 Å². The first-order chi connectivity index (χ1) is 5.65. The number of hydrogen-bond acceptors (Lipinski definition) is 3. The summed E-state index contributed by atoms with van der Waals surface area (Å²) in [6.07, 6.45) is 0. The van der Waals surface area contributed by atoms with E-state index < -0.39 is 11.5 Å². The van der Waals surface area contributed by atoms with E-state index in [1.54, 1.807) is 6.07 Å². The molecule has 2 N–H and O–H groups in total. The van der Waals surface area contributed by atoms with E-state index in [2.05, 4.69) is 0 Å². The third kappa shape index (κ3) is 1.32. The standard InChI is InChI=1S/C7H4N2O3/c8-3-4-1-2-5(7(11)12)9-6(4)10/h1-2H,(H,9,10)(H,11,12). The highest BCUT2D eigenvalue weighted by atomic mass is 16.4. The molecule has 0 aliphatic rings. The van der Waals surface area contributed by atoms with E-state index in [0.29, 0.717) is 0 Å². The van der Waals surface area contributed by atoms with Crippen LogP contribution in [-0.2, 0) is 0 Å². The van der Waals surface area contributed by atoms with Crippen molar-refractivity contribution in [3.8, 4) is 6.07 Å². The van der Waals surface area contributed by atoms with Crippen molar-refractivity contribution in [2.75, 3.05) is 0 Å². The largest absolute Gasteiger partial charge is 0.477 e. The Hall–Kier alpha value is -2.09. The SMILES string of the molecule is N#Cc1ccc(C(=O)O)[nH]c1=O. The minimum absolute atomic E-state index is 0.0972. The van der Waals surface area contributed by atoms with E-state index >= 15 is 0 Å². The van der Waals surface area contributed by atoms with Crippen LogP contribution in [0.4, 0.5) is 0 Å². The molecule has 1 rings (SSSR count). The quantitative estimate of drug-likeness (QED) is 0.608. The van der Waals surface area contributed by atoms with Gasteiger partial charge in [0.2, 0.25) is 0 Å². The summed E-state index contributed by atoms with van der Waals surface area (Å²) in [5.41, 5.74) is -1.00. The van der Waals surface area contributed by atoms with Crippen LogP contribution in [0.25, 0.3) is 0 Å². The van der Waals surface area contributed by atoms with Crippen molar-refractivity contribution in [3.05, 3.63) is 33.7 Å². The molecule has 0 spiro atoms. The first-order valence-corrected chi connectivity index (χ1v) is 3.02. The Morgan fingerprint density at radius 3 is 2.67 bits per heavy atom. The zero-order valence-corrected chi connectivity index (χ0v) is 5.87. The molecule has 60 valence electrons. The summed E-state index contributed by atoms with van der Waals surface area (Å²) in [6, 6.07) is 3.96. The van der Waals surface area contributed by atoms with Crippen LogP contribution in [0.2, 0.25) is 0 Å². The fourth-order valence-electron chi connectivity index (χ4n) is 0.686. The molecule has 0 aliphatic carbocycles. The van der Waals surface area contributed by atoms with Gasteiger partial charge in [-0.15, -0.1) is 0 Å². The van der Waals surface area contributed by atoms with Crippen LogP contribution >= 0.6 is 0 Å². The number of aromatic amines is 1. The predicted octanol–water partition coefficient (Wildman–Crippen LogP) is -0.0552. The van der Waals surface area contributed by atoms with Gasteiger partial charge >= 0.3 is 5.97 Å². The third-order valence-electron chi connectivity index (χ3n) is 1.26. The lowest BCUT2D eigenvalue weighted by Gasteiger charge is -1.92. The summed E-state index contributed by atoms with van der Waals surface area (Å²) in [6.45, 7) is 0. The van der Waals surface area contributed by atoms with Crippen molar-refractivity contribution in [2.24, 2.45) is 0 Å². The number of nitriles is 1. The van der Waals surface area contributed by atoms with Crippen LogP contribution in [0.5, 0.6) is 0 Å². The van der Waals surface area contributed by atoms with Gasteiger partial charge in [0.1, 0.15) is 17.3 Å². The topological polar surface area (TPSA) is 93.9 Å². The smallest absolute Gasteiger partial charge is 0.352 e. The van der Waals surface area contributed by atoms with Gasteiger partial charge < -0.3 is 10.1 Å². The Morgan fingerprint density at radius 1 is 1.58 bits per heavy atom. The lowest BCUT2D eigenvalue weighted by molar-refractivity contribution is 0.0690. The highest BCUT2D eigenvalue weighted by Gasteiger charge is 2.04. The van der Waals surface area contributed by atoms with E-state index in [1.165, 1.54) is 12.1 Å². The number of nitrogens with one attached hydrogen (secondary N) is 1. The molecule has 0 fully saturated rings. The van der Waals surface area contributed by atoms with Crippen LogP contribution in [-0.4, -0.2) is 16.1 Å². The summed E-state index contributed by atoms with van der Waals surface area (Å²) >= 11 is 0. The number of aromatic nitrogens is 1. The number of H-pyrrole nitrogens is 1. The minimum Gasteiger partial charge on any atom is -0.477 e. The van der Waals surface area contributed by atoms with Crippen molar-refractivity contribution in [1.82, 2.24) is 4.98 Å². The molecule has 12 heavy (non-hydrogen) atoms. The van der Waals surface area contributed by atoms with Crippen LogP contribution < -0.4 is 5.56 Å². The normalized spacial score (nSPS) is 8.92. The molecule has 1 aromatic heterocycles. The molecule has 1 aromatic rings. The Bertz CT molecular complexity index is 413. The molecule has 0 atom stereocenters. The van der Waals surface area contributed by atoms with Gasteiger partial charge in [0.15, 0.2) is 0 Å². The second kappa shape index (κ2) is 2.88. The lowest BCUT2D eigenvalue weighted by atomic mass is 10.2. The number of rotatable bonds is 1. The maximum atomic E-state index is 10.8. The van der Waals surface area contributed by atoms with Gasteiger partial charge in [0.25, 0.3) is 5.56 Å². The fourth-order valence-corrected chi connectivity index (χ4v) is 0.686. The van der Waals surface area contributed by atoms with Crippen LogP contribution in [0, 0.1) is 11.3 Å². The number of carbonyl (C=O) groups is 1. The van der Waals surface area contributed by atoms with E-state index in [-0.39, 0.29) is 11.3 Å². The van der Waals surface area contributed by atoms with Crippen molar-refractivity contribution < 1.29 is 9.90 Å². The molecule has 0 saturated heterocycles. The monoisotopic (exact) mass is 164 g/mol. The molecule has 0 saturated carbocycles. The van der Waals surface area contributed by atoms with Crippen LogP contribution in [0.3, 0.4) is 0 Å². The van der Waals surface area contributed by atoms with Crippen molar-refractivity contribution in [1.29, 1.82) is 5.26 Å². The first kappa shape index (κ1) is 8.01. The number of carboxylic acid groups (broad SMARTS) is 1. The zero-order chi connectivity index (χ0) is 9.14. The van der Waals surface area contributed by atoms with Crippen molar-refractivity contribution in [3.63, 3.8) is 0 Å². The summed E-state index contributed by atoms with van der Waals surface area (Å²) in [5, 5.41) is 16.8.